The molecule has 1 aromatic rings. The lowest BCUT2D eigenvalue weighted by Gasteiger charge is -2.11. The number of rotatable bonds is 6. The quantitative estimate of drug-likeness (QED) is 0.523. The minimum atomic E-state index is -1.34. The zero-order valence-electron chi connectivity index (χ0n) is 11.3. The number of aromatic amines is 1. The van der Waals surface area contributed by atoms with Crippen molar-refractivity contribution in [3.8, 4) is 0 Å². The number of nitrogens with one attached hydrogen (secondary N) is 2. The summed E-state index contributed by atoms with van der Waals surface area (Å²) in [6.07, 6.45) is 0.0937. The average molecular weight is 283 g/mol. The predicted octanol–water partition coefficient (Wildman–Crippen LogP) is -1.12. The van der Waals surface area contributed by atoms with Crippen molar-refractivity contribution in [1.82, 2.24) is 15.3 Å². The molecule has 1 aromatic heterocycles. The predicted molar refractivity (Wildman–Crippen MR) is 69.3 cm³/mol. The maximum absolute atomic E-state index is 11.7. The number of aliphatic hydroxyl groups excluding tert-OH is 1. The van der Waals surface area contributed by atoms with E-state index in [9.17, 15) is 14.4 Å². The SMILES string of the molecule is Cc1nc(C)c(CCC(=O)N[C@@H](CO)C(=O)O)c(=O)[nH]1. The number of nitrogens with zero attached hydrogens (tertiary/aromatic N) is 1. The molecule has 0 aliphatic rings. The summed E-state index contributed by atoms with van der Waals surface area (Å²) in [6.45, 7) is 2.64. The van der Waals surface area contributed by atoms with E-state index in [1.54, 1.807) is 13.8 Å². The van der Waals surface area contributed by atoms with Gasteiger partial charge in [0, 0.05) is 17.7 Å². The third-order valence-electron chi connectivity index (χ3n) is 2.76. The number of carbonyl (C=O) groups is 2. The Labute approximate surface area is 114 Å². The van der Waals surface area contributed by atoms with E-state index in [0.29, 0.717) is 17.1 Å². The Morgan fingerprint density at radius 3 is 2.55 bits per heavy atom. The molecule has 0 spiro atoms. The molecule has 20 heavy (non-hydrogen) atoms. The normalized spacial score (nSPS) is 11.9. The van der Waals surface area contributed by atoms with Crippen molar-refractivity contribution in [1.29, 1.82) is 0 Å². The molecule has 1 amide bonds. The lowest BCUT2D eigenvalue weighted by molar-refractivity contribution is -0.142. The van der Waals surface area contributed by atoms with Crippen molar-refractivity contribution in [2.45, 2.75) is 32.7 Å². The molecule has 1 rings (SSSR count). The summed E-state index contributed by atoms with van der Waals surface area (Å²) in [5, 5.41) is 19.6. The number of aliphatic carboxylic acids is 1. The van der Waals surface area contributed by atoms with Crippen molar-refractivity contribution in [3.63, 3.8) is 0 Å². The molecule has 4 N–H and O–H groups in total. The Morgan fingerprint density at radius 2 is 2.05 bits per heavy atom. The van der Waals surface area contributed by atoms with Gasteiger partial charge in [-0.25, -0.2) is 9.78 Å². The van der Waals surface area contributed by atoms with Gasteiger partial charge in [-0.05, 0) is 20.3 Å². The van der Waals surface area contributed by atoms with Crippen LogP contribution >= 0.6 is 0 Å². The van der Waals surface area contributed by atoms with Gasteiger partial charge in [0.2, 0.25) is 5.91 Å². The molecule has 8 nitrogen and oxygen atoms in total. The van der Waals surface area contributed by atoms with Crippen LogP contribution in [0.4, 0.5) is 0 Å². The highest BCUT2D eigenvalue weighted by atomic mass is 16.4. The third kappa shape index (κ3) is 4.16. The first-order chi connectivity index (χ1) is 9.35. The Balaban J connectivity index is 2.66. The van der Waals surface area contributed by atoms with Crippen molar-refractivity contribution in [3.05, 3.63) is 27.4 Å². The number of carboxylic acid groups (broad SMARTS) is 1. The Bertz CT molecular complexity index is 567. The summed E-state index contributed by atoms with van der Waals surface area (Å²) in [5.74, 6) is -1.37. The van der Waals surface area contributed by atoms with E-state index >= 15 is 0 Å². The Hall–Kier alpha value is -2.22. The van der Waals surface area contributed by atoms with Gasteiger partial charge in [0.1, 0.15) is 11.9 Å². The fourth-order valence-electron chi connectivity index (χ4n) is 1.74. The van der Waals surface area contributed by atoms with E-state index in [1.165, 1.54) is 0 Å². The van der Waals surface area contributed by atoms with E-state index in [0.717, 1.165) is 0 Å². The van der Waals surface area contributed by atoms with Gasteiger partial charge in [-0.15, -0.1) is 0 Å². The lowest BCUT2D eigenvalue weighted by Crippen LogP contribution is -2.43. The zero-order valence-corrected chi connectivity index (χ0v) is 11.3. The van der Waals surface area contributed by atoms with Crippen LogP contribution in [0.25, 0.3) is 0 Å². The van der Waals surface area contributed by atoms with Crippen LogP contribution < -0.4 is 10.9 Å². The lowest BCUT2D eigenvalue weighted by atomic mass is 10.1. The van der Waals surface area contributed by atoms with Gasteiger partial charge in [0.05, 0.1) is 6.61 Å². The van der Waals surface area contributed by atoms with Gasteiger partial charge >= 0.3 is 5.97 Å². The fourth-order valence-corrected chi connectivity index (χ4v) is 1.74. The highest BCUT2D eigenvalue weighted by Gasteiger charge is 2.19. The molecule has 110 valence electrons. The molecule has 0 unspecified atom stereocenters. The van der Waals surface area contributed by atoms with Gasteiger partial charge < -0.3 is 20.5 Å². The molecule has 0 aromatic carbocycles. The standard InChI is InChI=1S/C12H17N3O5/c1-6-8(11(18)14-7(2)13-6)3-4-10(17)15-9(5-16)12(19)20/h9,16H,3-5H2,1-2H3,(H,15,17)(H,19,20)(H,13,14,18)/t9-/m0/s1. The van der Waals surface area contributed by atoms with Gasteiger partial charge in [-0.1, -0.05) is 0 Å². The van der Waals surface area contributed by atoms with Crippen LogP contribution in [-0.2, 0) is 16.0 Å². The highest BCUT2D eigenvalue weighted by molar-refractivity contribution is 5.83. The summed E-state index contributed by atoms with van der Waals surface area (Å²) in [5.41, 5.74) is 0.623. The Morgan fingerprint density at radius 1 is 1.40 bits per heavy atom. The van der Waals surface area contributed by atoms with Crippen LogP contribution in [0.1, 0.15) is 23.5 Å². The van der Waals surface area contributed by atoms with Crippen LogP contribution in [0, 0.1) is 13.8 Å². The molecular weight excluding hydrogens is 266 g/mol. The molecule has 0 aliphatic carbocycles. The van der Waals surface area contributed by atoms with Gasteiger partial charge in [0.25, 0.3) is 5.56 Å². The average Bonchev–Trinajstić information content (AvgIpc) is 2.34. The van der Waals surface area contributed by atoms with Gasteiger partial charge in [0.15, 0.2) is 0 Å². The second kappa shape index (κ2) is 6.80. The zero-order chi connectivity index (χ0) is 15.3. The minimum absolute atomic E-state index is 0.0571. The molecule has 0 fully saturated rings. The summed E-state index contributed by atoms with van der Waals surface area (Å²) < 4.78 is 0. The van der Waals surface area contributed by atoms with Crippen molar-refractivity contribution >= 4 is 11.9 Å². The monoisotopic (exact) mass is 283 g/mol. The fraction of sp³-hybridized carbons (Fsp3) is 0.500. The molecular formula is C12H17N3O5. The van der Waals surface area contributed by atoms with E-state index in [4.69, 9.17) is 10.2 Å². The maximum atomic E-state index is 11.7. The third-order valence-corrected chi connectivity index (χ3v) is 2.76. The summed E-state index contributed by atoms with van der Waals surface area (Å²) in [7, 11) is 0. The molecule has 1 heterocycles. The number of hydrogen-bond acceptors (Lipinski definition) is 5. The Kier molecular flexibility index (Phi) is 5.39. The minimum Gasteiger partial charge on any atom is -0.480 e. The van der Waals surface area contributed by atoms with E-state index in [-0.39, 0.29) is 18.4 Å². The number of H-pyrrole nitrogens is 1. The number of aryl methyl sites for hydroxylation is 2. The molecule has 0 bridgehead atoms. The van der Waals surface area contributed by atoms with Crippen LogP contribution in [0.2, 0.25) is 0 Å². The summed E-state index contributed by atoms with van der Waals surface area (Å²) in [4.78, 5) is 40.5. The second-order valence-electron chi connectivity index (χ2n) is 4.36. The van der Waals surface area contributed by atoms with Gasteiger partial charge in [-0.2, -0.15) is 0 Å². The molecule has 0 radical (unpaired) electrons. The summed E-state index contributed by atoms with van der Waals surface area (Å²) in [6, 6.07) is -1.34. The first-order valence-electron chi connectivity index (χ1n) is 6.04. The van der Waals surface area contributed by atoms with Gasteiger partial charge in [-0.3, -0.25) is 9.59 Å². The first-order valence-corrected chi connectivity index (χ1v) is 6.04. The largest absolute Gasteiger partial charge is 0.480 e. The second-order valence-corrected chi connectivity index (χ2v) is 4.36. The number of carboxylic acids is 1. The molecule has 8 heteroatoms. The smallest absolute Gasteiger partial charge is 0.328 e. The van der Waals surface area contributed by atoms with E-state index < -0.39 is 24.5 Å². The van der Waals surface area contributed by atoms with Crippen molar-refractivity contribution < 1.29 is 19.8 Å². The molecule has 1 atom stereocenters. The highest BCUT2D eigenvalue weighted by Crippen LogP contribution is 2.02. The number of amides is 1. The van der Waals surface area contributed by atoms with Crippen molar-refractivity contribution in [2.24, 2.45) is 0 Å². The summed E-state index contributed by atoms with van der Waals surface area (Å²) >= 11 is 0. The van der Waals surface area contributed by atoms with Crippen LogP contribution in [-0.4, -0.2) is 44.7 Å². The number of aliphatic hydroxyl groups is 1. The first kappa shape index (κ1) is 15.8. The van der Waals surface area contributed by atoms with E-state index in [1.807, 2.05) is 0 Å². The van der Waals surface area contributed by atoms with Crippen LogP contribution in [0.5, 0.6) is 0 Å². The number of aromatic nitrogens is 2. The van der Waals surface area contributed by atoms with Crippen LogP contribution in [0.3, 0.4) is 0 Å². The topological polar surface area (TPSA) is 132 Å². The maximum Gasteiger partial charge on any atom is 0.328 e. The molecule has 0 saturated heterocycles. The molecule has 0 saturated carbocycles. The van der Waals surface area contributed by atoms with Crippen molar-refractivity contribution in [2.75, 3.05) is 6.61 Å². The molecule has 0 aliphatic heterocycles. The number of hydrogen-bond donors (Lipinski definition) is 4. The van der Waals surface area contributed by atoms with E-state index in [2.05, 4.69) is 15.3 Å². The number of carbonyl (C=O) groups excluding carboxylic acids is 1. The van der Waals surface area contributed by atoms with Crippen LogP contribution in [0.15, 0.2) is 4.79 Å².